The van der Waals surface area contributed by atoms with Crippen molar-refractivity contribution in [3.63, 3.8) is 0 Å². The summed E-state index contributed by atoms with van der Waals surface area (Å²) in [7, 11) is 0. The highest BCUT2D eigenvalue weighted by molar-refractivity contribution is 5.89. The van der Waals surface area contributed by atoms with Gasteiger partial charge in [0.2, 0.25) is 0 Å². The molecule has 1 aromatic heterocycles. The number of hydrogen-bond donors (Lipinski definition) is 2. The number of rotatable bonds is 1. The second-order valence-corrected chi connectivity index (χ2v) is 3.02. The molecule has 0 atom stereocenters. The number of hydrogen-bond acceptors (Lipinski definition) is 3. The summed E-state index contributed by atoms with van der Waals surface area (Å²) in [5.41, 5.74) is 2.12. The van der Waals surface area contributed by atoms with Crippen LogP contribution < -0.4 is 5.32 Å². The van der Waals surface area contributed by atoms with Crippen LogP contribution in [0.1, 0.15) is 21.6 Å². The maximum atomic E-state index is 10.8. The van der Waals surface area contributed by atoms with E-state index in [9.17, 15) is 4.79 Å². The molecule has 1 aromatic rings. The van der Waals surface area contributed by atoms with Crippen LogP contribution in [0.5, 0.6) is 0 Å². The number of nitrogens with zero attached hydrogens (tertiary/aromatic N) is 1. The molecule has 0 bridgehead atoms. The predicted octanol–water partition coefficient (Wildman–Crippen LogP) is 0.426. The molecule has 1 aliphatic rings. The van der Waals surface area contributed by atoms with E-state index in [2.05, 4.69) is 10.3 Å². The molecule has 0 radical (unpaired) electrons. The smallest absolute Gasteiger partial charge is 0.336 e. The molecule has 4 nitrogen and oxygen atoms in total. The largest absolute Gasteiger partial charge is 0.478 e. The van der Waals surface area contributed by atoms with Crippen molar-refractivity contribution >= 4 is 5.97 Å². The van der Waals surface area contributed by atoms with Crippen molar-refractivity contribution in [1.29, 1.82) is 0 Å². The van der Waals surface area contributed by atoms with Crippen molar-refractivity contribution in [2.75, 3.05) is 6.54 Å². The summed E-state index contributed by atoms with van der Waals surface area (Å²) in [6, 6.07) is 1.55. The first-order valence-corrected chi connectivity index (χ1v) is 4.20. The molecule has 1 aliphatic heterocycles. The number of carbonyl (C=O) groups is 1. The van der Waals surface area contributed by atoms with Crippen LogP contribution in [0, 0.1) is 0 Å². The van der Waals surface area contributed by atoms with Crippen LogP contribution in [0.15, 0.2) is 12.3 Å². The topological polar surface area (TPSA) is 62.2 Å². The molecule has 2 rings (SSSR count). The Balaban J connectivity index is 2.52. The number of carboxylic acids is 1. The second-order valence-electron chi connectivity index (χ2n) is 3.02. The molecule has 0 saturated heterocycles. The van der Waals surface area contributed by atoms with Gasteiger partial charge in [-0.3, -0.25) is 4.98 Å². The Kier molecular flexibility index (Phi) is 1.98. The Morgan fingerprint density at radius 1 is 1.62 bits per heavy atom. The Hall–Kier alpha value is -1.42. The highest BCUT2D eigenvalue weighted by Crippen LogP contribution is 2.15. The van der Waals surface area contributed by atoms with E-state index in [1.165, 1.54) is 0 Å². The average molecular weight is 178 g/mol. The number of aromatic carboxylic acids is 1. The van der Waals surface area contributed by atoms with Gasteiger partial charge in [0.1, 0.15) is 0 Å². The number of fused-ring (bicyclic) bond motifs is 1. The average Bonchev–Trinajstić information content (AvgIpc) is 2.17. The van der Waals surface area contributed by atoms with Gasteiger partial charge >= 0.3 is 5.97 Å². The minimum atomic E-state index is -0.873. The number of pyridine rings is 1. The Labute approximate surface area is 75.6 Å². The third-order valence-electron chi connectivity index (χ3n) is 2.22. The van der Waals surface area contributed by atoms with Crippen LogP contribution in [0.25, 0.3) is 0 Å². The van der Waals surface area contributed by atoms with Crippen molar-refractivity contribution in [2.24, 2.45) is 0 Å². The lowest BCUT2D eigenvalue weighted by Gasteiger charge is -2.17. The summed E-state index contributed by atoms with van der Waals surface area (Å²) in [6.45, 7) is 1.49. The zero-order chi connectivity index (χ0) is 9.26. The molecule has 4 heteroatoms. The zero-order valence-electron chi connectivity index (χ0n) is 7.08. The summed E-state index contributed by atoms with van der Waals surface area (Å²) in [5.74, 6) is -0.873. The second kappa shape index (κ2) is 3.14. The molecule has 0 saturated carbocycles. The van der Waals surface area contributed by atoms with Gasteiger partial charge in [0.15, 0.2) is 0 Å². The first kappa shape index (κ1) is 8.19. The van der Waals surface area contributed by atoms with Gasteiger partial charge in [0.25, 0.3) is 0 Å². The van der Waals surface area contributed by atoms with E-state index in [0.717, 1.165) is 24.2 Å². The molecule has 13 heavy (non-hydrogen) atoms. The maximum Gasteiger partial charge on any atom is 0.336 e. The van der Waals surface area contributed by atoms with E-state index < -0.39 is 5.97 Å². The molecule has 0 unspecified atom stereocenters. The van der Waals surface area contributed by atoms with Crippen molar-refractivity contribution < 1.29 is 9.90 Å². The minimum Gasteiger partial charge on any atom is -0.478 e. The van der Waals surface area contributed by atoms with Gasteiger partial charge in [0.05, 0.1) is 5.56 Å². The van der Waals surface area contributed by atoms with Crippen LogP contribution in [0.4, 0.5) is 0 Å². The van der Waals surface area contributed by atoms with Crippen molar-refractivity contribution in [3.8, 4) is 0 Å². The van der Waals surface area contributed by atoms with E-state index in [4.69, 9.17) is 5.11 Å². The fraction of sp³-hybridized carbons (Fsp3) is 0.333. The lowest BCUT2D eigenvalue weighted by atomic mass is 10.0. The molecular weight excluding hydrogens is 168 g/mol. The molecule has 0 fully saturated rings. The van der Waals surface area contributed by atoms with Gasteiger partial charge in [-0.05, 0) is 6.07 Å². The Morgan fingerprint density at radius 3 is 3.23 bits per heavy atom. The summed E-state index contributed by atoms with van der Waals surface area (Å²) >= 11 is 0. The van der Waals surface area contributed by atoms with Crippen LogP contribution in [0.3, 0.4) is 0 Å². The van der Waals surface area contributed by atoms with Crippen molar-refractivity contribution in [2.45, 2.75) is 13.0 Å². The minimum absolute atomic E-state index is 0.372. The molecule has 2 heterocycles. The van der Waals surface area contributed by atoms with Gasteiger partial charge in [-0.15, -0.1) is 0 Å². The standard InChI is InChI=1S/C9H10N2O2/c12-9(13)6-1-4-11-8-2-3-10-5-7(6)8/h1,4,10H,2-3,5H2,(H,12,13). The number of aromatic nitrogens is 1. The van der Waals surface area contributed by atoms with E-state index >= 15 is 0 Å². The lowest BCUT2D eigenvalue weighted by molar-refractivity contribution is 0.0695. The summed E-state index contributed by atoms with van der Waals surface area (Å²) < 4.78 is 0. The monoisotopic (exact) mass is 178 g/mol. The first-order valence-electron chi connectivity index (χ1n) is 4.20. The van der Waals surface area contributed by atoms with E-state index in [0.29, 0.717) is 12.1 Å². The molecular formula is C9H10N2O2. The first-order chi connectivity index (χ1) is 6.29. The zero-order valence-corrected chi connectivity index (χ0v) is 7.08. The normalized spacial score (nSPS) is 15.1. The van der Waals surface area contributed by atoms with E-state index in [1.54, 1.807) is 12.3 Å². The quantitative estimate of drug-likeness (QED) is 0.654. The van der Waals surface area contributed by atoms with E-state index in [-0.39, 0.29) is 0 Å². The maximum absolute atomic E-state index is 10.8. The van der Waals surface area contributed by atoms with Crippen LogP contribution in [-0.2, 0) is 13.0 Å². The molecule has 68 valence electrons. The third-order valence-corrected chi connectivity index (χ3v) is 2.22. The van der Waals surface area contributed by atoms with Gasteiger partial charge in [-0.2, -0.15) is 0 Å². The summed E-state index contributed by atoms with van der Waals surface area (Å²) in [5, 5.41) is 12.0. The van der Waals surface area contributed by atoms with Crippen LogP contribution in [0.2, 0.25) is 0 Å². The number of nitrogens with one attached hydrogen (secondary N) is 1. The molecule has 0 spiro atoms. The fourth-order valence-corrected chi connectivity index (χ4v) is 1.57. The van der Waals surface area contributed by atoms with Crippen molar-refractivity contribution in [1.82, 2.24) is 10.3 Å². The SMILES string of the molecule is O=C(O)c1ccnc2c1CNCC2. The number of carboxylic acid groups (broad SMARTS) is 1. The highest BCUT2D eigenvalue weighted by Gasteiger charge is 2.17. The van der Waals surface area contributed by atoms with Gasteiger partial charge in [-0.1, -0.05) is 0 Å². The van der Waals surface area contributed by atoms with Crippen LogP contribution >= 0.6 is 0 Å². The molecule has 0 aliphatic carbocycles. The Bertz CT molecular complexity index is 349. The van der Waals surface area contributed by atoms with E-state index in [1.807, 2.05) is 0 Å². The summed E-state index contributed by atoms with van der Waals surface area (Å²) in [4.78, 5) is 15.0. The third kappa shape index (κ3) is 1.40. The molecule has 0 amide bonds. The van der Waals surface area contributed by atoms with Gasteiger partial charge < -0.3 is 10.4 Å². The Morgan fingerprint density at radius 2 is 2.46 bits per heavy atom. The van der Waals surface area contributed by atoms with Crippen LogP contribution in [-0.4, -0.2) is 22.6 Å². The highest BCUT2D eigenvalue weighted by atomic mass is 16.4. The lowest BCUT2D eigenvalue weighted by Crippen LogP contribution is -2.26. The predicted molar refractivity (Wildman–Crippen MR) is 46.6 cm³/mol. The van der Waals surface area contributed by atoms with Gasteiger partial charge in [-0.25, -0.2) is 4.79 Å². The van der Waals surface area contributed by atoms with Gasteiger partial charge in [0, 0.05) is 37.0 Å². The molecule has 0 aromatic carbocycles. The molecule has 2 N–H and O–H groups in total. The summed E-state index contributed by atoms with van der Waals surface area (Å²) in [6.07, 6.45) is 2.38. The fourth-order valence-electron chi connectivity index (χ4n) is 1.57. The van der Waals surface area contributed by atoms with Crippen molar-refractivity contribution in [3.05, 3.63) is 29.1 Å².